The van der Waals surface area contributed by atoms with Crippen molar-refractivity contribution in [2.75, 3.05) is 17.7 Å². The molecule has 0 aliphatic carbocycles. The number of rotatable bonds is 9. The topological polar surface area (TPSA) is 85.2 Å². The number of nitrogens with zero attached hydrogens (tertiary/aromatic N) is 2. The lowest BCUT2D eigenvalue weighted by Crippen LogP contribution is -2.13. The smallest absolute Gasteiger partial charge is 0.275 e. The van der Waals surface area contributed by atoms with Crippen LogP contribution < -0.4 is 15.4 Å². The fourth-order valence-electron chi connectivity index (χ4n) is 3.64. The molecule has 0 atom stereocenters. The summed E-state index contributed by atoms with van der Waals surface area (Å²) >= 11 is 0. The van der Waals surface area contributed by atoms with Gasteiger partial charge >= 0.3 is 0 Å². The Morgan fingerprint density at radius 1 is 0.914 bits per heavy atom. The Hall–Kier alpha value is -4.39. The molecule has 0 aliphatic rings. The van der Waals surface area contributed by atoms with E-state index < -0.39 is 0 Å². The molecular weight excluding hydrogens is 440 g/mol. The van der Waals surface area contributed by atoms with Gasteiger partial charge in [0.15, 0.2) is 0 Å². The van der Waals surface area contributed by atoms with E-state index in [1.165, 1.54) is 0 Å². The number of nitrogens with one attached hydrogen (secondary N) is 2. The van der Waals surface area contributed by atoms with Gasteiger partial charge in [-0.05, 0) is 60.4 Å². The van der Waals surface area contributed by atoms with E-state index in [1.54, 1.807) is 19.6 Å². The number of anilines is 2. The molecular formula is C28H28N4O3. The van der Waals surface area contributed by atoms with Gasteiger partial charge in [-0.2, -0.15) is 0 Å². The first-order valence-corrected chi connectivity index (χ1v) is 11.4. The summed E-state index contributed by atoms with van der Waals surface area (Å²) in [7, 11) is 1.63. The van der Waals surface area contributed by atoms with Gasteiger partial charge in [0.2, 0.25) is 5.91 Å². The quantitative estimate of drug-likeness (QED) is 0.359. The van der Waals surface area contributed by atoms with E-state index in [0.717, 1.165) is 33.8 Å². The van der Waals surface area contributed by atoms with Crippen LogP contribution in [0.25, 0.3) is 0 Å². The van der Waals surface area contributed by atoms with Crippen molar-refractivity contribution < 1.29 is 14.3 Å². The number of ether oxygens (including phenoxy) is 1. The van der Waals surface area contributed by atoms with Crippen molar-refractivity contribution in [1.82, 2.24) is 9.55 Å². The molecule has 7 nitrogen and oxygen atoms in total. The second-order valence-electron chi connectivity index (χ2n) is 8.29. The molecule has 1 heterocycles. The van der Waals surface area contributed by atoms with Crippen molar-refractivity contribution in [2.24, 2.45) is 0 Å². The highest BCUT2D eigenvalue weighted by Crippen LogP contribution is 2.16. The third-order valence-electron chi connectivity index (χ3n) is 5.66. The highest BCUT2D eigenvalue weighted by molar-refractivity contribution is 6.03. The van der Waals surface area contributed by atoms with Crippen LogP contribution in [0, 0.1) is 6.92 Å². The number of hydrogen-bond acceptors (Lipinski definition) is 4. The molecule has 7 heteroatoms. The molecule has 3 aromatic carbocycles. The predicted octanol–water partition coefficient (Wildman–Crippen LogP) is 5.07. The summed E-state index contributed by atoms with van der Waals surface area (Å²) < 4.78 is 7.01. The minimum Gasteiger partial charge on any atom is -0.497 e. The summed E-state index contributed by atoms with van der Waals surface area (Å²) in [5.74, 6) is 0.522. The number of aryl methyl sites for hydroxylation is 2. The molecule has 0 saturated carbocycles. The Labute approximate surface area is 204 Å². The van der Waals surface area contributed by atoms with Crippen LogP contribution >= 0.6 is 0 Å². The Bertz CT molecular complexity index is 1290. The first-order valence-electron chi connectivity index (χ1n) is 11.4. The third-order valence-corrected chi connectivity index (χ3v) is 5.66. The monoisotopic (exact) mass is 468 g/mol. The summed E-state index contributed by atoms with van der Waals surface area (Å²) in [5, 5.41) is 5.83. The van der Waals surface area contributed by atoms with E-state index in [2.05, 4.69) is 15.6 Å². The summed E-state index contributed by atoms with van der Waals surface area (Å²) in [6, 6.07) is 23.0. The van der Waals surface area contributed by atoms with E-state index in [0.29, 0.717) is 25.1 Å². The number of imidazole rings is 1. The molecule has 2 N–H and O–H groups in total. The Morgan fingerprint density at radius 2 is 1.63 bits per heavy atom. The number of benzene rings is 3. The van der Waals surface area contributed by atoms with Crippen LogP contribution in [-0.2, 0) is 17.8 Å². The molecule has 178 valence electrons. The van der Waals surface area contributed by atoms with Crippen molar-refractivity contribution in [2.45, 2.75) is 26.3 Å². The average molecular weight is 469 g/mol. The van der Waals surface area contributed by atoms with Gasteiger partial charge in [-0.3, -0.25) is 9.59 Å². The number of carbonyl (C=O) groups is 2. The number of carbonyl (C=O) groups excluding carboxylic acids is 2. The summed E-state index contributed by atoms with van der Waals surface area (Å²) in [6.07, 6.45) is 4.43. The SMILES string of the molecule is COc1ccc(CCC(=O)Nc2ccc(Cn3cnc(C(=O)Nc4ccccc4C)c3)cc2)cc1. The Balaban J connectivity index is 1.27. The number of amides is 2. The van der Waals surface area contributed by atoms with Gasteiger partial charge in [0.1, 0.15) is 11.4 Å². The lowest BCUT2D eigenvalue weighted by molar-refractivity contribution is -0.116. The molecule has 4 aromatic rings. The van der Waals surface area contributed by atoms with E-state index in [4.69, 9.17) is 4.74 Å². The van der Waals surface area contributed by atoms with Crippen LogP contribution in [0.2, 0.25) is 0 Å². The molecule has 0 unspecified atom stereocenters. The molecule has 0 fully saturated rings. The predicted molar refractivity (Wildman–Crippen MR) is 137 cm³/mol. The minimum atomic E-state index is -0.245. The van der Waals surface area contributed by atoms with Crippen molar-refractivity contribution in [1.29, 1.82) is 0 Å². The first kappa shape index (κ1) is 23.8. The summed E-state index contributed by atoms with van der Waals surface area (Å²) in [4.78, 5) is 29.1. The molecule has 0 spiro atoms. The van der Waals surface area contributed by atoms with Crippen molar-refractivity contribution in [3.63, 3.8) is 0 Å². The molecule has 2 amide bonds. The van der Waals surface area contributed by atoms with Crippen LogP contribution in [0.5, 0.6) is 5.75 Å². The lowest BCUT2D eigenvalue weighted by Gasteiger charge is -2.08. The molecule has 35 heavy (non-hydrogen) atoms. The highest BCUT2D eigenvalue weighted by Gasteiger charge is 2.11. The van der Waals surface area contributed by atoms with Crippen molar-refractivity contribution in [3.8, 4) is 5.75 Å². The van der Waals surface area contributed by atoms with Gasteiger partial charge in [0, 0.05) is 30.5 Å². The molecule has 0 aliphatic heterocycles. The maximum atomic E-state index is 12.5. The zero-order valence-electron chi connectivity index (χ0n) is 19.8. The fourth-order valence-corrected chi connectivity index (χ4v) is 3.64. The second-order valence-corrected chi connectivity index (χ2v) is 8.29. The van der Waals surface area contributed by atoms with Gasteiger partial charge in [-0.25, -0.2) is 4.98 Å². The van der Waals surface area contributed by atoms with Gasteiger partial charge in [0.25, 0.3) is 5.91 Å². The van der Waals surface area contributed by atoms with Crippen LogP contribution in [-0.4, -0.2) is 28.5 Å². The normalized spacial score (nSPS) is 10.6. The van der Waals surface area contributed by atoms with Crippen LogP contribution in [0.3, 0.4) is 0 Å². The molecule has 0 bridgehead atoms. The van der Waals surface area contributed by atoms with E-state index in [9.17, 15) is 9.59 Å². The van der Waals surface area contributed by atoms with E-state index in [-0.39, 0.29) is 11.8 Å². The molecule has 0 saturated heterocycles. The number of aromatic nitrogens is 2. The molecule has 1 aromatic heterocycles. The van der Waals surface area contributed by atoms with Crippen LogP contribution in [0.4, 0.5) is 11.4 Å². The van der Waals surface area contributed by atoms with Gasteiger partial charge in [0.05, 0.1) is 13.4 Å². The zero-order valence-corrected chi connectivity index (χ0v) is 19.8. The van der Waals surface area contributed by atoms with Crippen molar-refractivity contribution in [3.05, 3.63) is 108 Å². The average Bonchev–Trinajstić information content (AvgIpc) is 3.34. The Morgan fingerprint density at radius 3 is 2.34 bits per heavy atom. The fraction of sp³-hybridized carbons (Fsp3) is 0.179. The maximum absolute atomic E-state index is 12.5. The molecule has 0 radical (unpaired) electrons. The Kier molecular flexibility index (Phi) is 7.57. The summed E-state index contributed by atoms with van der Waals surface area (Å²) in [6.45, 7) is 2.51. The maximum Gasteiger partial charge on any atom is 0.275 e. The van der Waals surface area contributed by atoms with Gasteiger partial charge in [-0.1, -0.05) is 42.5 Å². The van der Waals surface area contributed by atoms with Gasteiger partial charge < -0.3 is 19.9 Å². The number of para-hydroxylation sites is 1. The minimum absolute atomic E-state index is 0.0347. The standard InChI is InChI=1S/C28H28N4O3/c1-20-5-3-4-6-25(20)31-28(34)26-18-32(19-29-26)17-22-7-12-23(13-8-22)30-27(33)16-11-21-9-14-24(35-2)15-10-21/h3-10,12-15,18-19H,11,16-17H2,1-2H3,(H,30,33)(H,31,34). The molecule has 4 rings (SSSR count). The van der Waals surface area contributed by atoms with E-state index in [1.807, 2.05) is 84.3 Å². The second kappa shape index (κ2) is 11.2. The highest BCUT2D eigenvalue weighted by atomic mass is 16.5. The van der Waals surface area contributed by atoms with Crippen molar-refractivity contribution >= 4 is 23.2 Å². The van der Waals surface area contributed by atoms with Crippen LogP contribution in [0.15, 0.2) is 85.3 Å². The first-order chi connectivity index (χ1) is 17.0. The van der Waals surface area contributed by atoms with Crippen LogP contribution in [0.1, 0.15) is 33.6 Å². The van der Waals surface area contributed by atoms with Gasteiger partial charge in [-0.15, -0.1) is 0 Å². The third kappa shape index (κ3) is 6.57. The number of methoxy groups -OCH3 is 1. The largest absolute Gasteiger partial charge is 0.497 e. The lowest BCUT2D eigenvalue weighted by atomic mass is 10.1. The summed E-state index contributed by atoms with van der Waals surface area (Å²) in [5.41, 5.74) is 4.99. The number of hydrogen-bond donors (Lipinski definition) is 2. The van der Waals surface area contributed by atoms with E-state index >= 15 is 0 Å². The zero-order chi connectivity index (χ0) is 24.6.